The van der Waals surface area contributed by atoms with Gasteiger partial charge < -0.3 is 5.32 Å². The molecule has 2 aliphatic carbocycles. The van der Waals surface area contributed by atoms with Crippen molar-refractivity contribution in [1.29, 1.82) is 0 Å². The summed E-state index contributed by atoms with van der Waals surface area (Å²) >= 11 is 7.97. The van der Waals surface area contributed by atoms with Gasteiger partial charge in [0, 0.05) is 17.0 Å². The Labute approximate surface area is 125 Å². The SMILES string of the molecule is C[C@H](NC1CCCc2sc(Cl)cc21)C1CCCCC1. The molecule has 3 rings (SSSR count). The summed E-state index contributed by atoms with van der Waals surface area (Å²) in [6, 6.07) is 3.39. The van der Waals surface area contributed by atoms with Crippen molar-refractivity contribution >= 4 is 22.9 Å². The largest absolute Gasteiger partial charge is 0.307 e. The van der Waals surface area contributed by atoms with Crippen molar-refractivity contribution in [2.75, 3.05) is 0 Å². The van der Waals surface area contributed by atoms with E-state index in [1.54, 1.807) is 11.3 Å². The van der Waals surface area contributed by atoms with Crippen LogP contribution in [0.4, 0.5) is 0 Å². The lowest BCUT2D eigenvalue weighted by molar-refractivity contribution is 0.257. The summed E-state index contributed by atoms with van der Waals surface area (Å²) in [5, 5.41) is 3.91. The van der Waals surface area contributed by atoms with Gasteiger partial charge in [-0.15, -0.1) is 11.3 Å². The van der Waals surface area contributed by atoms with Crippen LogP contribution in [0.2, 0.25) is 4.34 Å². The monoisotopic (exact) mass is 297 g/mol. The normalized spacial score (nSPS) is 26.1. The Hall–Kier alpha value is -0.0500. The molecule has 0 saturated heterocycles. The topological polar surface area (TPSA) is 12.0 Å². The second-order valence-electron chi connectivity index (χ2n) is 6.23. The lowest BCUT2D eigenvalue weighted by Gasteiger charge is -2.33. The van der Waals surface area contributed by atoms with Gasteiger partial charge >= 0.3 is 0 Å². The molecule has 1 aromatic heterocycles. The Balaban J connectivity index is 1.66. The first-order chi connectivity index (χ1) is 9.24. The summed E-state index contributed by atoms with van der Waals surface area (Å²) in [5.74, 6) is 0.883. The van der Waals surface area contributed by atoms with Gasteiger partial charge in [0.1, 0.15) is 0 Å². The van der Waals surface area contributed by atoms with E-state index in [9.17, 15) is 0 Å². The van der Waals surface area contributed by atoms with Crippen LogP contribution < -0.4 is 5.32 Å². The highest BCUT2D eigenvalue weighted by molar-refractivity contribution is 7.16. The predicted octanol–water partition coefficient (Wildman–Crippen LogP) is 5.34. The molecule has 1 aromatic rings. The zero-order valence-electron chi connectivity index (χ0n) is 11.8. The molecule has 0 aromatic carbocycles. The highest BCUT2D eigenvalue weighted by Gasteiger charge is 2.27. The first kappa shape index (κ1) is 13.9. The van der Waals surface area contributed by atoms with E-state index in [1.807, 2.05) is 0 Å². The third-order valence-electron chi connectivity index (χ3n) is 4.90. The van der Waals surface area contributed by atoms with Crippen molar-refractivity contribution in [3.05, 3.63) is 20.8 Å². The summed E-state index contributed by atoms with van der Waals surface area (Å²) in [6.45, 7) is 2.39. The molecule has 0 amide bonds. The van der Waals surface area contributed by atoms with Gasteiger partial charge in [0.15, 0.2) is 0 Å². The van der Waals surface area contributed by atoms with Crippen molar-refractivity contribution in [3.8, 4) is 0 Å². The molecule has 1 fully saturated rings. The maximum atomic E-state index is 6.19. The molecule has 1 saturated carbocycles. The van der Waals surface area contributed by atoms with Crippen LogP contribution >= 0.6 is 22.9 Å². The molecule has 0 bridgehead atoms. The Morgan fingerprint density at radius 3 is 2.79 bits per heavy atom. The number of halogens is 1. The number of nitrogens with one attached hydrogen (secondary N) is 1. The molecule has 1 heterocycles. The van der Waals surface area contributed by atoms with Crippen LogP contribution in [0, 0.1) is 5.92 Å². The van der Waals surface area contributed by atoms with Crippen molar-refractivity contribution in [1.82, 2.24) is 5.32 Å². The standard InChI is InChI=1S/C16H24ClNS/c1-11(12-6-3-2-4-7-12)18-14-8-5-9-15-13(14)10-16(17)19-15/h10-12,14,18H,2-9H2,1H3/t11-,14?/m0/s1. The van der Waals surface area contributed by atoms with Crippen molar-refractivity contribution in [2.24, 2.45) is 5.92 Å². The van der Waals surface area contributed by atoms with E-state index in [0.29, 0.717) is 12.1 Å². The zero-order valence-corrected chi connectivity index (χ0v) is 13.3. The summed E-state index contributed by atoms with van der Waals surface area (Å²) < 4.78 is 0.962. The molecule has 0 aliphatic heterocycles. The fraction of sp³-hybridized carbons (Fsp3) is 0.750. The molecule has 1 nitrogen and oxygen atoms in total. The van der Waals surface area contributed by atoms with Crippen LogP contribution in [0.5, 0.6) is 0 Å². The van der Waals surface area contributed by atoms with Gasteiger partial charge in [0.2, 0.25) is 0 Å². The van der Waals surface area contributed by atoms with E-state index in [2.05, 4.69) is 18.3 Å². The minimum atomic E-state index is 0.546. The van der Waals surface area contributed by atoms with Crippen LogP contribution in [0.25, 0.3) is 0 Å². The van der Waals surface area contributed by atoms with Crippen LogP contribution in [0.15, 0.2) is 6.07 Å². The molecule has 1 N–H and O–H groups in total. The average Bonchev–Trinajstić information content (AvgIpc) is 2.81. The lowest BCUT2D eigenvalue weighted by Crippen LogP contribution is -2.38. The van der Waals surface area contributed by atoms with Gasteiger partial charge in [0.25, 0.3) is 0 Å². The van der Waals surface area contributed by atoms with E-state index in [-0.39, 0.29) is 0 Å². The first-order valence-electron chi connectivity index (χ1n) is 7.78. The highest BCUT2D eigenvalue weighted by Crippen LogP contribution is 2.38. The highest BCUT2D eigenvalue weighted by atomic mass is 35.5. The zero-order chi connectivity index (χ0) is 13.2. The molecule has 19 heavy (non-hydrogen) atoms. The number of rotatable bonds is 3. The molecular weight excluding hydrogens is 274 g/mol. The van der Waals surface area contributed by atoms with Crippen LogP contribution in [0.3, 0.4) is 0 Å². The van der Waals surface area contributed by atoms with Gasteiger partial charge in [-0.25, -0.2) is 0 Å². The smallest absolute Gasteiger partial charge is 0.0934 e. The van der Waals surface area contributed by atoms with Crippen molar-refractivity contribution in [3.63, 3.8) is 0 Å². The van der Waals surface area contributed by atoms with E-state index in [0.717, 1.165) is 10.3 Å². The summed E-state index contributed by atoms with van der Waals surface area (Å²) in [6.07, 6.45) is 10.9. The maximum absolute atomic E-state index is 6.19. The quantitative estimate of drug-likeness (QED) is 0.794. The van der Waals surface area contributed by atoms with Gasteiger partial charge in [0.05, 0.1) is 4.34 Å². The molecule has 2 atom stereocenters. The Bertz CT molecular complexity index is 422. The second kappa shape index (κ2) is 6.15. The van der Waals surface area contributed by atoms with E-state index >= 15 is 0 Å². The molecular formula is C16H24ClNS. The predicted molar refractivity (Wildman–Crippen MR) is 84.2 cm³/mol. The number of hydrogen-bond donors (Lipinski definition) is 1. The average molecular weight is 298 g/mol. The first-order valence-corrected chi connectivity index (χ1v) is 8.97. The van der Waals surface area contributed by atoms with Crippen molar-refractivity contribution in [2.45, 2.75) is 70.4 Å². The molecule has 1 unspecified atom stereocenters. The molecule has 2 aliphatic rings. The van der Waals surface area contributed by atoms with Gasteiger partial charge in [-0.05, 0) is 56.6 Å². The van der Waals surface area contributed by atoms with Crippen molar-refractivity contribution < 1.29 is 0 Å². The minimum Gasteiger partial charge on any atom is -0.307 e. The van der Waals surface area contributed by atoms with E-state index in [4.69, 9.17) is 11.6 Å². The Kier molecular flexibility index (Phi) is 4.51. The van der Waals surface area contributed by atoms with Gasteiger partial charge in [-0.3, -0.25) is 0 Å². The lowest BCUT2D eigenvalue weighted by atomic mass is 9.83. The fourth-order valence-electron chi connectivity index (χ4n) is 3.78. The Morgan fingerprint density at radius 1 is 1.21 bits per heavy atom. The third-order valence-corrected chi connectivity index (χ3v) is 6.24. The van der Waals surface area contributed by atoms with Crippen LogP contribution in [0.1, 0.15) is 68.4 Å². The summed E-state index contributed by atoms with van der Waals surface area (Å²) in [4.78, 5) is 1.52. The number of fused-ring (bicyclic) bond motifs is 1. The van der Waals surface area contributed by atoms with E-state index in [1.165, 1.54) is 61.8 Å². The van der Waals surface area contributed by atoms with E-state index < -0.39 is 0 Å². The fourth-order valence-corrected chi connectivity index (χ4v) is 5.17. The summed E-state index contributed by atoms with van der Waals surface area (Å²) in [7, 11) is 0. The number of aryl methyl sites for hydroxylation is 1. The van der Waals surface area contributed by atoms with Gasteiger partial charge in [-0.1, -0.05) is 30.9 Å². The minimum absolute atomic E-state index is 0.546. The summed E-state index contributed by atoms with van der Waals surface area (Å²) in [5.41, 5.74) is 1.49. The second-order valence-corrected chi connectivity index (χ2v) is 8.00. The van der Waals surface area contributed by atoms with Crippen LogP contribution in [-0.2, 0) is 6.42 Å². The third kappa shape index (κ3) is 3.17. The number of hydrogen-bond acceptors (Lipinski definition) is 2. The number of thiophene rings is 1. The maximum Gasteiger partial charge on any atom is 0.0934 e. The molecule has 106 valence electrons. The molecule has 0 spiro atoms. The van der Waals surface area contributed by atoms with Gasteiger partial charge in [-0.2, -0.15) is 0 Å². The van der Waals surface area contributed by atoms with Crippen LogP contribution in [-0.4, -0.2) is 6.04 Å². The molecule has 3 heteroatoms. The molecule has 0 radical (unpaired) electrons. The Morgan fingerprint density at radius 2 is 2.00 bits per heavy atom.